The molecule has 0 fully saturated rings. The highest BCUT2D eigenvalue weighted by Crippen LogP contribution is 2.28. The van der Waals surface area contributed by atoms with Crippen LogP contribution >= 0.6 is 0 Å². The molecule has 0 saturated carbocycles. The topological polar surface area (TPSA) is 59.1 Å². The number of rotatable bonds is 1. The van der Waals surface area contributed by atoms with Gasteiger partial charge in [0.05, 0.1) is 7.11 Å². The van der Waals surface area contributed by atoms with Crippen molar-refractivity contribution in [3.63, 3.8) is 0 Å². The quantitative estimate of drug-likeness (QED) is 0.666. The van der Waals surface area contributed by atoms with E-state index >= 15 is 0 Å². The van der Waals surface area contributed by atoms with Crippen LogP contribution in [0.15, 0.2) is 6.33 Å². The second-order valence-corrected chi connectivity index (χ2v) is 2.81. The van der Waals surface area contributed by atoms with E-state index in [1.165, 1.54) is 6.33 Å². The Bertz CT molecular complexity index is 302. The summed E-state index contributed by atoms with van der Waals surface area (Å²) < 4.78 is 5.11. The van der Waals surface area contributed by atoms with Gasteiger partial charge in [0.1, 0.15) is 12.0 Å². The number of methoxy groups -OCH3 is 1. The Morgan fingerprint density at radius 2 is 2.15 bits per heavy atom. The Balaban J connectivity index is 2.40. The minimum Gasteiger partial charge on any atom is -0.479 e. The van der Waals surface area contributed by atoms with Gasteiger partial charge in [-0.05, 0) is 6.42 Å². The van der Waals surface area contributed by atoms with Crippen molar-refractivity contribution < 1.29 is 4.74 Å². The number of anilines is 2. The third-order valence-corrected chi connectivity index (χ3v) is 1.95. The second kappa shape index (κ2) is 3.47. The van der Waals surface area contributed by atoms with E-state index in [2.05, 4.69) is 20.6 Å². The lowest BCUT2D eigenvalue weighted by Crippen LogP contribution is -2.03. The Hall–Kier alpha value is -1.52. The number of nitrogens with one attached hydrogen (secondary N) is 2. The molecule has 0 unspecified atom stereocenters. The largest absolute Gasteiger partial charge is 0.479 e. The van der Waals surface area contributed by atoms with Gasteiger partial charge in [0, 0.05) is 13.1 Å². The Kier molecular flexibility index (Phi) is 2.16. The number of fused-ring (bicyclic) bond motifs is 1. The summed E-state index contributed by atoms with van der Waals surface area (Å²) in [6.45, 7) is 1.85. The molecule has 1 aromatic rings. The molecule has 0 spiro atoms. The first-order chi connectivity index (χ1) is 6.42. The van der Waals surface area contributed by atoms with Gasteiger partial charge in [0.25, 0.3) is 0 Å². The van der Waals surface area contributed by atoms with Crippen molar-refractivity contribution in [1.29, 1.82) is 0 Å². The van der Waals surface area contributed by atoms with Crippen LogP contribution in [0.2, 0.25) is 0 Å². The smallest absolute Gasteiger partial charge is 0.242 e. The van der Waals surface area contributed by atoms with Crippen LogP contribution in [0.1, 0.15) is 6.42 Å². The average Bonchev–Trinajstić information content (AvgIpc) is 2.41. The molecule has 1 aliphatic rings. The fraction of sp³-hybridized carbons (Fsp3) is 0.500. The van der Waals surface area contributed by atoms with Crippen LogP contribution in [-0.2, 0) is 0 Å². The van der Waals surface area contributed by atoms with E-state index < -0.39 is 0 Å². The molecule has 1 aliphatic heterocycles. The molecule has 0 atom stereocenters. The summed E-state index contributed by atoms with van der Waals surface area (Å²) in [6.07, 6.45) is 2.57. The molecule has 0 bridgehead atoms. The standard InChI is InChI=1S/C8H12N4O/c1-13-8-6-7(11-5-12-8)10-4-2-3-9-6/h5,9H,2-4H2,1H3,(H,10,11,12). The van der Waals surface area contributed by atoms with Gasteiger partial charge in [-0.1, -0.05) is 0 Å². The third-order valence-electron chi connectivity index (χ3n) is 1.95. The lowest BCUT2D eigenvalue weighted by atomic mass is 10.4. The van der Waals surface area contributed by atoms with Gasteiger partial charge in [-0.3, -0.25) is 0 Å². The lowest BCUT2D eigenvalue weighted by molar-refractivity contribution is 0.399. The summed E-state index contributed by atoms with van der Waals surface area (Å²) in [4.78, 5) is 8.14. The van der Waals surface area contributed by atoms with Gasteiger partial charge < -0.3 is 15.4 Å². The first-order valence-corrected chi connectivity index (χ1v) is 4.28. The van der Waals surface area contributed by atoms with Crippen LogP contribution < -0.4 is 15.4 Å². The van der Waals surface area contributed by atoms with Crippen molar-refractivity contribution in [2.24, 2.45) is 0 Å². The van der Waals surface area contributed by atoms with Crippen molar-refractivity contribution in [3.8, 4) is 5.88 Å². The van der Waals surface area contributed by atoms with Crippen LogP contribution in [0.5, 0.6) is 5.88 Å². The van der Waals surface area contributed by atoms with Gasteiger partial charge in [-0.2, -0.15) is 4.98 Å². The molecule has 2 N–H and O–H groups in total. The lowest BCUT2D eigenvalue weighted by Gasteiger charge is -2.09. The molecule has 1 aromatic heterocycles. The van der Waals surface area contributed by atoms with Crippen LogP contribution in [0.3, 0.4) is 0 Å². The minimum atomic E-state index is 0.597. The van der Waals surface area contributed by atoms with Gasteiger partial charge >= 0.3 is 0 Å². The monoisotopic (exact) mass is 180 g/mol. The summed E-state index contributed by atoms with van der Waals surface area (Å²) >= 11 is 0. The Labute approximate surface area is 76.5 Å². The number of hydrogen-bond acceptors (Lipinski definition) is 5. The molecule has 5 heteroatoms. The predicted molar refractivity (Wildman–Crippen MR) is 50.2 cm³/mol. The van der Waals surface area contributed by atoms with Crippen LogP contribution in [-0.4, -0.2) is 30.2 Å². The first kappa shape index (κ1) is 8.10. The highest BCUT2D eigenvalue weighted by molar-refractivity contribution is 5.70. The van der Waals surface area contributed by atoms with E-state index in [1.807, 2.05) is 0 Å². The third kappa shape index (κ3) is 1.49. The zero-order valence-electron chi connectivity index (χ0n) is 7.50. The molecule has 0 radical (unpaired) electrons. The van der Waals surface area contributed by atoms with E-state index in [1.54, 1.807) is 7.11 Å². The van der Waals surface area contributed by atoms with Crippen molar-refractivity contribution in [2.75, 3.05) is 30.8 Å². The number of aromatic nitrogens is 2. The fourth-order valence-electron chi connectivity index (χ4n) is 1.33. The molecule has 0 aromatic carbocycles. The molecule has 70 valence electrons. The molecule has 13 heavy (non-hydrogen) atoms. The van der Waals surface area contributed by atoms with Crippen molar-refractivity contribution in [2.45, 2.75) is 6.42 Å². The molecule has 0 saturated heterocycles. The number of ether oxygens (including phenoxy) is 1. The number of hydrogen-bond donors (Lipinski definition) is 2. The average molecular weight is 180 g/mol. The molecule has 2 rings (SSSR count). The molecular weight excluding hydrogens is 168 g/mol. The second-order valence-electron chi connectivity index (χ2n) is 2.81. The summed E-state index contributed by atoms with van der Waals surface area (Å²) in [5.74, 6) is 1.42. The molecule has 0 amide bonds. The highest BCUT2D eigenvalue weighted by Gasteiger charge is 2.13. The van der Waals surface area contributed by atoms with E-state index in [0.717, 1.165) is 31.0 Å². The van der Waals surface area contributed by atoms with Gasteiger partial charge in [0.15, 0.2) is 5.82 Å². The van der Waals surface area contributed by atoms with Crippen molar-refractivity contribution in [1.82, 2.24) is 9.97 Å². The van der Waals surface area contributed by atoms with E-state index in [9.17, 15) is 0 Å². The van der Waals surface area contributed by atoms with Crippen molar-refractivity contribution in [3.05, 3.63) is 6.33 Å². The summed E-state index contributed by atoms with van der Waals surface area (Å²) in [6, 6.07) is 0. The Morgan fingerprint density at radius 1 is 1.31 bits per heavy atom. The molecular formula is C8H12N4O. The maximum atomic E-state index is 5.11. The highest BCUT2D eigenvalue weighted by atomic mass is 16.5. The summed E-state index contributed by atoms with van der Waals surface area (Å²) in [5, 5.41) is 6.44. The summed E-state index contributed by atoms with van der Waals surface area (Å²) in [5.41, 5.74) is 0.863. The first-order valence-electron chi connectivity index (χ1n) is 4.28. The zero-order valence-corrected chi connectivity index (χ0v) is 7.50. The Morgan fingerprint density at radius 3 is 3.00 bits per heavy atom. The van der Waals surface area contributed by atoms with E-state index in [-0.39, 0.29) is 0 Å². The maximum Gasteiger partial charge on any atom is 0.242 e. The zero-order chi connectivity index (χ0) is 9.10. The molecule has 5 nitrogen and oxygen atoms in total. The summed E-state index contributed by atoms with van der Waals surface area (Å²) in [7, 11) is 1.61. The van der Waals surface area contributed by atoms with Crippen LogP contribution in [0, 0.1) is 0 Å². The SMILES string of the molecule is COc1ncnc2c1NCCCN2. The predicted octanol–water partition coefficient (Wildman–Crippen LogP) is 0.713. The van der Waals surface area contributed by atoms with E-state index in [4.69, 9.17) is 4.74 Å². The van der Waals surface area contributed by atoms with E-state index in [0.29, 0.717) is 5.88 Å². The normalized spacial score (nSPS) is 14.8. The van der Waals surface area contributed by atoms with Gasteiger partial charge in [0.2, 0.25) is 5.88 Å². The number of nitrogens with zero attached hydrogens (tertiary/aromatic N) is 2. The fourth-order valence-corrected chi connectivity index (χ4v) is 1.33. The van der Waals surface area contributed by atoms with Gasteiger partial charge in [-0.15, -0.1) is 0 Å². The maximum absolute atomic E-state index is 5.11. The molecule has 0 aliphatic carbocycles. The molecule has 2 heterocycles. The van der Waals surface area contributed by atoms with Crippen molar-refractivity contribution >= 4 is 11.5 Å². The van der Waals surface area contributed by atoms with Crippen LogP contribution in [0.25, 0.3) is 0 Å². The minimum absolute atomic E-state index is 0.597. The van der Waals surface area contributed by atoms with Gasteiger partial charge in [-0.25, -0.2) is 4.98 Å². The van der Waals surface area contributed by atoms with Crippen LogP contribution in [0.4, 0.5) is 11.5 Å².